The normalized spacial score (nSPS) is 11.7. The molecule has 0 spiro atoms. The third-order valence-electron chi connectivity index (χ3n) is 3.47. The number of aryl methyl sites for hydroxylation is 1. The molecule has 0 radical (unpaired) electrons. The Balaban J connectivity index is 2.06. The van der Waals surface area contributed by atoms with E-state index in [4.69, 9.17) is 9.15 Å². The fourth-order valence-corrected chi connectivity index (χ4v) is 2.45. The zero-order chi connectivity index (χ0) is 17.5. The second-order valence-electron chi connectivity index (χ2n) is 5.09. The number of carboxylic acids is 1. The lowest BCUT2D eigenvalue weighted by Gasteiger charge is -2.13. The summed E-state index contributed by atoms with van der Waals surface area (Å²) < 4.78 is 49.7. The number of ether oxygens (including phenoxy) is 1. The Hall–Kier alpha value is -2.96. The SMILES string of the molecule is Cc1oc2ccc(Oc3ccccc3C(F)(F)F)cc2c1C(=O)O. The van der Waals surface area contributed by atoms with Crippen molar-refractivity contribution >= 4 is 16.9 Å². The van der Waals surface area contributed by atoms with Crippen molar-refractivity contribution in [1.82, 2.24) is 0 Å². The number of halogens is 3. The highest BCUT2D eigenvalue weighted by Crippen LogP contribution is 2.38. The molecule has 0 amide bonds. The topological polar surface area (TPSA) is 59.7 Å². The third-order valence-corrected chi connectivity index (χ3v) is 3.47. The minimum atomic E-state index is -4.56. The maximum atomic E-state index is 13.0. The summed E-state index contributed by atoms with van der Waals surface area (Å²) in [7, 11) is 0. The Bertz CT molecular complexity index is 925. The van der Waals surface area contributed by atoms with Crippen LogP contribution in [0.1, 0.15) is 21.7 Å². The second kappa shape index (κ2) is 5.59. The molecule has 0 aliphatic heterocycles. The zero-order valence-electron chi connectivity index (χ0n) is 12.3. The molecular weight excluding hydrogens is 325 g/mol. The minimum absolute atomic E-state index is 0.0421. The first kappa shape index (κ1) is 15.9. The van der Waals surface area contributed by atoms with Crippen molar-refractivity contribution < 1.29 is 32.2 Å². The summed E-state index contributed by atoms with van der Waals surface area (Å²) >= 11 is 0. The van der Waals surface area contributed by atoms with E-state index in [1.807, 2.05) is 0 Å². The first-order valence-corrected chi connectivity index (χ1v) is 6.88. The van der Waals surface area contributed by atoms with Gasteiger partial charge in [0.15, 0.2) is 0 Å². The summed E-state index contributed by atoms with van der Waals surface area (Å²) in [5.41, 5.74) is -0.632. The molecule has 0 saturated carbocycles. The van der Waals surface area contributed by atoms with Crippen molar-refractivity contribution in [3.63, 3.8) is 0 Å². The number of hydrogen-bond acceptors (Lipinski definition) is 3. The van der Waals surface area contributed by atoms with Gasteiger partial charge in [-0.2, -0.15) is 13.2 Å². The van der Waals surface area contributed by atoms with Crippen LogP contribution in [0.5, 0.6) is 11.5 Å². The monoisotopic (exact) mass is 336 g/mol. The molecule has 0 saturated heterocycles. The number of aromatic carboxylic acids is 1. The Morgan fingerprint density at radius 1 is 1.17 bits per heavy atom. The lowest BCUT2D eigenvalue weighted by molar-refractivity contribution is -0.138. The first-order valence-electron chi connectivity index (χ1n) is 6.88. The summed E-state index contributed by atoms with van der Waals surface area (Å²) in [6, 6.07) is 9.03. The highest BCUT2D eigenvalue weighted by atomic mass is 19.4. The van der Waals surface area contributed by atoms with Crippen molar-refractivity contribution in [3.8, 4) is 11.5 Å². The smallest absolute Gasteiger partial charge is 0.419 e. The third kappa shape index (κ3) is 2.80. The molecule has 0 fully saturated rings. The van der Waals surface area contributed by atoms with Gasteiger partial charge in [-0.05, 0) is 37.3 Å². The van der Waals surface area contributed by atoms with Gasteiger partial charge in [0, 0.05) is 5.39 Å². The van der Waals surface area contributed by atoms with Crippen LogP contribution in [0.3, 0.4) is 0 Å². The molecule has 1 N–H and O–H groups in total. The van der Waals surface area contributed by atoms with E-state index in [9.17, 15) is 23.1 Å². The molecule has 4 nitrogen and oxygen atoms in total. The van der Waals surface area contributed by atoms with E-state index in [1.54, 1.807) is 0 Å². The molecule has 1 heterocycles. The van der Waals surface area contributed by atoms with Crippen molar-refractivity contribution in [2.45, 2.75) is 13.1 Å². The molecule has 2 aromatic carbocycles. The first-order chi connectivity index (χ1) is 11.3. The van der Waals surface area contributed by atoms with E-state index in [-0.39, 0.29) is 28.2 Å². The predicted octanol–water partition coefficient (Wildman–Crippen LogP) is 5.25. The average Bonchev–Trinajstić information content (AvgIpc) is 2.82. The highest BCUT2D eigenvalue weighted by Gasteiger charge is 2.34. The summed E-state index contributed by atoms with van der Waals surface area (Å²) in [6.45, 7) is 1.50. The number of para-hydroxylation sites is 1. The molecule has 7 heteroatoms. The summed E-state index contributed by atoms with van der Waals surface area (Å²) in [5, 5.41) is 9.50. The average molecular weight is 336 g/mol. The van der Waals surface area contributed by atoms with E-state index >= 15 is 0 Å². The van der Waals surface area contributed by atoms with Gasteiger partial charge in [0.05, 0.1) is 5.56 Å². The molecule has 0 aliphatic carbocycles. The number of rotatable bonds is 3. The van der Waals surface area contributed by atoms with Crippen LogP contribution >= 0.6 is 0 Å². The quantitative estimate of drug-likeness (QED) is 0.709. The molecule has 24 heavy (non-hydrogen) atoms. The number of benzene rings is 2. The van der Waals surface area contributed by atoms with Crippen LogP contribution < -0.4 is 4.74 Å². The number of furan rings is 1. The molecule has 1 aromatic heterocycles. The van der Waals surface area contributed by atoms with Crippen LogP contribution in [0.4, 0.5) is 13.2 Å². The van der Waals surface area contributed by atoms with Gasteiger partial charge in [0.25, 0.3) is 0 Å². The molecule has 124 valence electrons. The van der Waals surface area contributed by atoms with Crippen molar-refractivity contribution in [1.29, 1.82) is 0 Å². The van der Waals surface area contributed by atoms with Crippen LogP contribution in [-0.4, -0.2) is 11.1 Å². The molecule has 3 rings (SSSR count). The van der Waals surface area contributed by atoms with E-state index in [0.717, 1.165) is 6.07 Å². The van der Waals surface area contributed by atoms with Crippen LogP contribution in [0.25, 0.3) is 11.0 Å². The Morgan fingerprint density at radius 3 is 2.54 bits per heavy atom. The molecule has 0 unspecified atom stereocenters. The van der Waals surface area contributed by atoms with Crippen LogP contribution in [-0.2, 0) is 6.18 Å². The van der Waals surface area contributed by atoms with Gasteiger partial charge in [-0.15, -0.1) is 0 Å². The predicted molar refractivity (Wildman–Crippen MR) is 79.4 cm³/mol. The fraction of sp³-hybridized carbons (Fsp3) is 0.118. The number of hydrogen-bond donors (Lipinski definition) is 1. The highest BCUT2D eigenvalue weighted by molar-refractivity contribution is 6.03. The molecular formula is C17H11F3O4. The van der Waals surface area contributed by atoms with Gasteiger partial charge in [-0.25, -0.2) is 4.79 Å². The van der Waals surface area contributed by atoms with Gasteiger partial charge in [0.2, 0.25) is 0 Å². The zero-order valence-corrected chi connectivity index (χ0v) is 12.3. The van der Waals surface area contributed by atoms with Gasteiger partial charge >= 0.3 is 12.1 Å². The maximum Gasteiger partial charge on any atom is 0.419 e. The number of alkyl halides is 3. The van der Waals surface area contributed by atoms with Crippen molar-refractivity contribution in [3.05, 3.63) is 59.4 Å². The molecule has 0 bridgehead atoms. The van der Waals surface area contributed by atoms with Crippen LogP contribution in [0, 0.1) is 6.92 Å². The molecule has 0 atom stereocenters. The number of carboxylic acid groups (broad SMARTS) is 1. The lowest BCUT2D eigenvalue weighted by Crippen LogP contribution is -2.06. The van der Waals surface area contributed by atoms with Gasteiger partial charge in [0.1, 0.15) is 28.4 Å². The fourth-order valence-electron chi connectivity index (χ4n) is 2.45. The summed E-state index contributed by atoms with van der Waals surface area (Å²) in [6.07, 6.45) is -4.56. The lowest BCUT2D eigenvalue weighted by atomic mass is 10.1. The Kier molecular flexibility index (Phi) is 3.71. The second-order valence-corrected chi connectivity index (χ2v) is 5.09. The van der Waals surface area contributed by atoms with Gasteiger partial charge < -0.3 is 14.3 Å². The standard InChI is InChI=1S/C17H11F3O4/c1-9-15(16(21)22)11-8-10(6-7-13(11)23-9)24-14-5-3-2-4-12(14)17(18,19)20/h2-8H,1H3,(H,21,22). The van der Waals surface area contributed by atoms with Crippen LogP contribution in [0.2, 0.25) is 0 Å². The molecule has 3 aromatic rings. The Morgan fingerprint density at radius 2 is 1.88 bits per heavy atom. The summed E-state index contributed by atoms with van der Waals surface area (Å²) in [5.74, 6) is -1.24. The van der Waals surface area contributed by atoms with E-state index in [1.165, 1.54) is 43.3 Å². The number of fused-ring (bicyclic) bond motifs is 1. The van der Waals surface area contributed by atoms with E-state index in [2.05, 4.69) is 0 Å². The van der Waals surface area contributed by atoms with E-state index < -0.39 is 17.7 Å². The molecule has 0 aliphatic rings. The number of carbonyl (C=O) groups is 1. The Labute approximate surface area is 134 Å². The minimum Gasteiger partial charge on any atom is -0.478 e. The van der Waals surface area contributed by atoms with Gasteiger partial charge in [-0.3, -0.25) is 0 Å². The largest absolute Gasteiger partial charge is 0.478 e. The van der Waals surface area contributed by atoms with E-state index in [0.29, 0.717) is 5.58 Å². The van der Waals surface area contributed by atoms with Crippen LogP contribution in [0.15, 0.2) is 46.9 Å². The van der Waals surface area contributed by atoms with Crippen molar-refractivity contribution in [2.24, 2.45) is 0 Å². The van der Waals surface area contributed by atoms with Crippen molar-refractivity contribution in [2.75, 3.05) is 0 Å². The maximum absolute atomic E-state index is 13.0. The van der Waals surface area contributed by atoms with Gasteiger partial charge in [-0.1, -0.05) is 12.1 Å². The summed E-state index contributed by atoms with van der Waals surface area (Å²) in [4.78, 5) is 11.3.